The second kappa shape index (κ2) is 2.97. The van der Waals surface area contributed by atoms with Gasteiger partial charge in [0.2, 0.25) is 0 Å². The van der Waals surface area contributed by atoms with E-state index in [0.717, 1.165) is 12.1 Å². The lowest BCUT2D eigenvalue weighted by atomic mass is 9.98. The maximum atomic E-state index is 7.21. The molecule has 0 aromatic rings. The molecule has 0 aliphatic heterocycles. The first-order chi connectivity index (χ1) is 3.98. The molecule has 0 unspecified atom stereocenters. The van der Waals surface area contributed by atoms with Gasteiger partial charge in [-0.2, -0.15) is 0 Å². The lowest BCUT2D eigenvalue weighted by Gasteiger charge is -2.22. The Kier molecular flexibility index (Phi) is 2.85. The summed E-state index contributed by atoms with van der Waals surface area (Å²) >= 11 is 0. The Morgan fingerprint density at radius 2 is 2.00 bits per heavy atom. The van der Waals surface area contributed by atoms with Gasteiger partial charge in [0.05, 0.1) is 0 Å². The first-order valence-corrected chi connectivity index (χ1v) is 3.21. The van der Waals surface area contributed by atoms with Gasteiger partial charge in [-0.15, -0.1) is 0 Å². The number of hydrogen-bond donors (Lipinski definition) is 2. The number of nitrogens with one attached hydrogen (secondary N) is 2. The zero-order valence-electron chi connectivity index (χ0n) is 6.71. The van der Waals surface area contributed by atoms with Gasteiger partial charge in [-0.25, -0.2) is 0 Å². The summed E-state index contributed by atoms with van der Waals surface area (Å²) in [7, 11) is 1.92. The van der Waals surface area contributed by atoms with Crippen LogP contribution < -0.4 is 5.32 Å². The van der Waals surface area contributed by atoms with Crippen LogP contribution in [0.25, 0.3) is 0 Å². The molecule has 9 heavy (non-hydrogen) atoms. The summed E-state index contributed by atoms with van der Waals surface area (Å²) in [6.07, 6.45) is 0.823. The fraction of sp³-hybridized carbons (Fsp3) is 0.857. The molecule has 0 atom stereocenters. The van der Waals surface area contributed by atoms with Crippen LogP contribution in [-0.4, -0.2) is 18.3 Å². The maximum absolute atomic E-state index is 7.21. The molecule has 0 aromatic carbocycles. The average Bonchev–Trinajstić information content (AvgIpc) is 1.63. The van der Waals surface area contributed by atoms with Gasteiger partial charge in [0.15, 0.2) is 0 Å². The van der Waals surface area contributed by atoms with Gasteiger partial charge in [0.25, 0.3) is 0 Å². The van der Waals surface area contributed by atoms with Crippen LogP contribution >= 0.6 is 0 Å². The summed E-state index contributed by atoms with van der Waals surface area (Å²) in [5.41, 5.74) is 0.820. The lowest BCUT2D eigenvalue weighted by Crippen LogP contribution is -2.37. The van der Waals surface area contributed by atoms with Gasteiger partial charge >= 0.3 is 0 Å². The maximum Gasteiger partial charge on any atom is 0.0173 e. The minimum absolute atomic E-state index is 0.0891. The fourth-order valence-corrected chi connectivity index (χ4v) is 0.751. The van der Waals surface area contributed by atoms with Gasteiger partial charge in [-0.05, 0) is 27.8 Å². The summed E-state index contributed by atoms with van der Waals surface area (Å²) in [6.45, 7) is 6.01. The molecule has 0 spiro atoms. The molecule has 54 valence electrons. The highest BCUT2D eigenvalue weighted by molar-refractivity contribution is 5.79. The van der Waals surface area contributed by atoms with Crippen LogP contribution in [0.15, 0.2) is 0 Å². The van der Waals surface area contributed by atoms with Gasteiger partial charge in [0, 0.05) is 17.7 Å². The first kappa shape index (κ1) is 8.63. The van der Waals surface area contributed by atoms with E-state index >= 15 is 0 Å². The Bertz CT molecular complexity index is 105. The largest absolute Gasteiger partial charge is 0.314 e. The Balaban J connectivity index is 3.71. The third-order valence-electron chi connectivity index (χ3n) is 1.38. The molecule has 2 heteroatoms. The van der Waals surface area contributed by atoms with E-state index in [1.807, 2.05) is 14.0 Å². The Labute approximate surface area is 57.2 Å². The van der Waals surface area contributed by atoms with Crippen LogP contribution in [-0.2, 0) is 0 Å². The highest BCUT2D eigenvalue weighted by Gasteiger charge is 2.14. The van der Waals surface area contributed by atoms with Gasteiger partial charge in [-0.1, -0.05) is 0 Å². The molecule has 0 amide bonds. The predicted molar refractivity (Wildman–Crippen MR) is 41.2 cm³/mol. The van der Waals surface area contributed by atoms with Crippen molar-refractivity contribution < 1.29 is 0 Å². The average molecular weight is 128 g/mol. The highest BCUT2D eigenvalue weighted by atomic mass is 14.9. The normalized spacial score (nSPS) is 11.6. The summed E-state index contributed by atoms with van der Waals surface area (Å²) in [6, 6.07) is 0. The zero-order chi connectivity index (χ0) is 7.49. The van der Waals surface area contributed by atoms with E-state index in [9.17, 15) is 0 Å². The second-order valence-corrected chi connectivity index (χ2v) is 3.09. The topological polar surface area (TPSA) is 35.9 Å². The second-order valence-electron chi connectivity index (χ2n) is 3.09. The van der Waals surface area contributed by atoms with Gasteiger partial charge < -0.3 is 10.7 Å². The molecule has 0 saturated carbocycles. The van der Waals surface area contributed by atoms with Gasteiger partial charge in [-0.3, -0.25) is 0 Å². The van der Waals surface area contributed by atoms with E-state index in [1.54, 1.807) is 0 Å². The molecule has 0 fully saturated rings. The molecule has 0 aliphatic rings. The highest BCUT2D eigenvalue weighted by Crippen LogP contribution is 2.06. The summed E-state index contributed by atoms with van der Waals surface area (Å²) in [4.78, 5) is 0. The quantitative estimate of drug-likeness (QED) is 0.554. The Hall–Kier alpha value is -0.370. The molecule has 0 saturated heterocycles. The monoisotopic (exact) mass is 128 g/mol. The van der Waals surface area contributed by atoms with Crippen molar-refractivity contribution in [2.24, 2.45) is 0 Å². The zero-order valence-corrected chi connectivity index (χ0v) is 6.71. The molecule has 0 heterocycles. The Morgan fingerprint density at radius 3 is 2.11 bits per heavy atom. The minimum atomic E-state index is 0.0891. The third-order valence-corrected chi connectivity index (χ3v) is 1.38. The first-order valence-electron chi connectivity index (χ1n) is 3.21. The van der Waals surface area contributed by atoms with Crippen molar-refractivity contribution in [3.8, 4) is 0 Å². The van der Waals surface area contributed by atoms with Crippen LogP contribution in [0, 0.1) is 5.41 Å². The predicted octanol–water partition coefficient (Wildman–Crippen LogP) is 1.41. The van der Waals surface area contributed by atoms with E-state index in [4.69, 9.17) is 5.41 Å². The van der Waals surface area contributed by atoms with Gasteiger partial charge in [0.1, 0.15) is 0 Å². The minimum Gasteiger partial charge on any atom is -0.314 e. The standard InChI is InChI=1S/C7H16N2/c1-6(8)5-7(2,3)9-4/h8-9H,5H2,1-4H3. The van der Waals surface area contributed by atoms with Crippen LogP contribution in [0.5, 0.6) is 0 Å². The summed E-state index contributed by atoms with van der Waals surface area (Å²) in [5.74, 6) is 0. The molecule has 0 bridgehead atoms. The van der Waals surface area contributed by atoms with Crippen LogP contribution in [0.3, 0.4) is 0 Å². The Morgan fingerprint density at radius 1 is 1.56 bits per heavy atom. The molecule has 0 aromatic heterocycles. The van der Waals surface area contributed by atoms with E-state index in [1.165, 1.54) is 0 Å². The van der Waals surface area contributed by atoms with Crippen molar-refractivity contribution in [3.63, 3.8) is 0 Å². The molecule has 0 aliphatic carbocycles. The van der Waals surface area contributed by atoms with E-state index < -0.39 is 0 Å². The molecule has 2 N–H and O–H groups in total. The van der Waals surface area contributed by atoms with Crippen molar-refractivity contribution in [2.45, 2.75) is 32.7 Å². The molecule has 0 rings (SSSR count). The van der Waals surface area contributed by atoms with E-state index in [-0.39, 0.29) is 5.54 Å². The third kappa shape index (κ3) is 4.15. The van der Waals surface area contributed by atoms with Crippen molar-refractivity contribution >= 4 is 5.71 Å². The fourth-order valence-electron chi connectivity index (χ4n) is 0.751. The lowest BCUT2D eigenvalue weighted by molar-refractivity contribution is 0.439. The molecule has 2 nitrogen and oxygen atoms in total. The van der Waals surface area contributed by atoms with Crippen molar-refractivity contribution in [1.29, 1.82) is 5.41 Å². The number of rotatable bonds is 3. The summed E-state index contributed by atoms with van der Waals surface area (Å²) < 4.78 is 0. The van der Waals surface area contributed by atoms with Crippen LogP contribution in [0.4, 0.5) is 0 Å². The molecular weight excluding hydrogens is 112 g/mol. The SMILES string of the molecule is CNC(C)(C)CC(C)=N. The van der Waals surface area contributed by atoms with Crippen molar-refractivity contribution in [1.82, 2.24) is 5.32 Å². The van der Waals surface area contributed by atoms with Crippen molar-refractivity contribution in [3.05, 3.63) is 0 Å². The van der Waals surface area contributed by atoms with E-state index in [0.29, 0.717) is 0 Å². The van der Waals surface area contributed by atoms with Crippen LogP contribution in [0.2, 0.25) is 0 Å². The molecule has 0 radical (unpaired) electrons. The van der Waals surface area contributed by atoms with E-state index in [2.05, 4.69) is 19.2 Å². The smallest absolute Gasteiger partial charge is 0.0173 e. The van der Waals surface area contributed by atoms with Crippen LogP contribution in [0.1, 0.15) is 27.2 Å². The number of hydrogen-bond acceptors (Lipinski definition) is 2. The molecular formula is C7H16N2. The van der Waals surface area contributed by atoms with Crippen molar-refractivity contribution in [2.75, 3.05) is 7.05 Å². The summed E-state index contributed by atoms with van der Waals surface area (Å²) in [5, 5.41) is 10.3.